The zero-order valence-corrected chi connectivity index (χ0v) is 16.7. The van der Waals surface area contributed by atoms with Crippen molar-refractivity contribution in [3.63, 3.8) is 0 Å². The molecular weight excluding hydrogens is 334 g/mol. The standard InChI is InChI=1S/C22H29N5/c1-4-10-17-15-21(24-13-9-14-26(5-2)6-3)27-20-12-8-7-11-19(20)25-22(27)18(17)16-23/h7-8,11-12,15,24H,4-6,9-10,13-14H2,1-3H3/p+1. The monoisotopic (exact) mass is 364 g/mol. The molecule has 5 nitrogen and oxygen atoms in total. The average molecular weight is 365 g/mol. The molecule has 1 aromatic carbocycles. The highest BCUT2D eigenvalue weighted by molar-refractivity contribution is 5.85. The van der Waals surface area contributed by atoms with Crippen LogP contribution in [0.25, 0.3) is 16.7 Å². The second-order valence-electron chi connectivity index (χ2n) is 7.04. The summed E-state index contributed by atoms with van der Waals surface area (Å²) in [5.41, 5.74) is 4.52. The summed E-state index contributed by atoms with van der Waals surface area (Å²) in [6.07, 6.45) is 3.02. The maximum absolute atomic E-state index is 9.76. The van der Waals surface area contributed by atoms with Crippen LogP contribution in [-0.2, 0) is 6.42 Å². The van der Waals surface area contributed by atoms with Crippen molar-refractivity contribution < 1.29 is 4.90 Å². The number of pyridine rings is 1. The number of fused-ring (bicyclic) bond motifs is 3. The van der Waals surface area contributed by atoms with Crippen molar-refractivity contribution in [2.75, 3.05) is 31.5 Å². The van der Waals surface area contributed by atoms with Crippen LogP contribution < -0.4 is 10.2 Å². The van der Waals surface area contributed by atoms with Gasteiger partial charge in [0.2, 0.25) is 0 Å². The van der Waals surface area contributed by atoms with Crippen molar-refractivity contribution in [1.82, 2.24) is 9.38 Å². The van der Waals surface area contributed by atoms with Gasteiger partial charge in [0, 0.05) is 13.0 Å². The molecule has 0 spiro atoms. The van der Waals surface area contributed by atoms with E-state index in [4.69, 9.17) is 4.98 Å². The molecule has 0 bridgehead atoms. The summed E-state index contributed by atoms with van der Waals surface area (Å²) in [5, 5.41) is 13.4. The zero-order valence-electron chi connectivity index (χ0n) is 16.7. The summed E-state index contributed by atoms with van der Waals surface area (Å²) in [6.45, 7) is 11.1. The molecular formula is C22H30N5+. The van der Waals surface area contributed by atoms with E-state index < -0.39 is 0 Å². The molecule has 0 unspecified atom stereocenters. The minimum absolute atomic E-state index is 0.700. The van der Waals surface area contributed by atoms with Gasteiger partial charge in [-0.25, -0.2) is 4.98 Å². The molecule has 0 atom stereocenters. The summed E-state index contributed by atoms with van der Waals surface area (Å²) in [5.74, 6) is 1.04. The first-order valence-corrected chi connectivity index (χ1v) is 10.1. The van der Waals surface area contributed by atoms with Gasteiger partial charge in [0.1, 0.15) is 11.9 Å². The molecule has 0 aliphatic heterocycles. The van der Waals surface area contributed by atoms with Crippen LogP contribution in [0.2, 0.25) is 0 Å². The molecule has 2 N–H and O–H groups in total. The normalized spacial score (nSPS) is 11.4. The third kappa shape index (κ3) is 3.91. The van der Waals surface area contributed by atoms with Crippen molar-refractivity contribution >= 4 is 22.5 Å². The number of hydrogen-bond donors (Lipinski definition) is 2. The Morgan fingerprint density at radius 1 is 1.19 bits per heavy atom. The molecule has 0 fully saturated rings. The number of anilines is 1. The van der Waals surface area contributed by atoms with Crippen molar-refractivity contribution in [2.45, 2.75) is 40.0 Å². The molecule has 5 heteroatoms. The van der Waals surface area contributed by atoms with Crippen LogP contribution in [0, 0.1) is 11.3 Å². The molecule has 2 heterocycles. The second-order valence-corrected chi connectivity index (χ2v) is 7.04. The van der Waals surface area contributed by atoms with Gasteiger partial charge in [0.25, 0.3) is 0 Å². The van der Waals surface area contributed by atoms with Crippen molar-refractivity contribution in [3.8, 4) is 6.07 Å². The minimum atomic E-state index is 0.700. The van der Waals surface area contributed by atoms with Gasteiger partial charge in [-0.05, 0) is 44.0 Å². The number of quaternary nitrogens is 1. The summed E-state index contributed by atoms with van der Waals surface area (Å²) >= 11 is 0. The maximum atomic E-state index is 9.76. The largest absolute Gasteiger partial charge is 0.371 e. The van der Waals surface area contributed by atoms with Gasteiger partial charge in [-0.15, -0.1) is 0 Å². The van der Waals surface area contributed by atoms with Gasteiger partial charge < -0.3 is 10.2 Å². The lowest BCUT2D eigenvalue weighted by atomic mass is 10.1. The number of rotatable bonds is 9. The maximum Gasteiger partial charge on any atom is 0.157 e. The lowest BCUT2D eigenvalue weighted by Gasteiger charge is -2.17. The highest BCUT2D eigenvalue weighted by Crippen LogP contribution is 2.27. The van der Waals surface area contributed by atoms with Crippen LogP contribution in [0.3, 0.4) is 0 Å². The van der Waals surface area contributed by atoms with Gasteiger partial charge in [-0.1, -0.05) is 25.5 Å². The van der Waals surface area contributed by atoms with Gasteiger partial charge in [0.05, 0.1) is 36.2 Å². The van der Waals surface area contributed by atoms with Crippen molar-refractivity contribution in [1.29, 1.82) is 5.26 Å². The molecule has 0 saturated heterocycles. The summed E-state index contributed by atoms with van der Waals surface area (Å²) in [4.78, 5) is 6.40. The Morgan fingerprint density at radius 3 is 2.67 bits per heavy atom. The topological polar surface area (TPSA) is 57.6 Å². The number of aryl methyl sites for hydroxylation is 1. The van der Waals surface area contributed by atoms with E-state index in [1.54, 1.807) is 4.90 Å². The predicted molar refractivity (Wildman–Crippen MR) is 111 cm³/mol. The molecule has 0 aliphatic carbocycles. The second kappa shape index (κ2) is 8.88. The van der Waals surface area contributed by atoms with Gasteiger partial charge in [-0.2, -0.15) is 5.26 Å². The number of para-hydroxylation sites is 2. The third-order valence-electron chi connectivity index (χ3n) is 5.30. The van der Waals surface area contributed by atoms with Crippen molar-refractivity contribution in [3.05, 3.63) is 41.5 Å². The number of nitriles is 1. The number of imidazole rings is 1. The number of aromatic nitrogens is 2. The first-order valence-electron chi connectivity index (χ1n) is 10.1. The molecule has 0 aliphatic rings. The highest BCUT2D eigenvalue weighted by Gasteiger charge is 2.16. The molecule has 0 amide bonds. The Hall–Kier alpha value is -2.58. The SMILES string of the molecule is CCCc1cc(NCCC[NH+](CC)CC)n2c(nc3ccccc32)c1C#N. The van der Waals surface area contributed by atoms with E-state index in [9.17, 15) is 5.26 Å². The lowest BCUT2D eigenvalue weighted by molar-refractivity contribution is -0.896. The van der Waals surface area contributed by atoms with Gasteiger partial charge >= 0.3 is 0 Å². The predicted octanol–water partition coefficient (Wildman–Crippen LogP) is 3.04. The van der Waals surface area contributed by atoms with E-state index in [2.05, 4.69) is 48.7 Å². The average Bonchev–Trinajstić information content (AvgIpc) is 3.08. The highest BCUT2D eigenvalue weighted by atomic mass is 15.1. The number of hydrogen-bond acceptors (Lipinski definition) is 3. The molecule has 0 saturated carbocycles. The lowest BCUT2D eigenvalue weighted by Crippen LogP contribution is -3.11. The Kier molecular flexibility index (Phi) is 6.31. The van der Waals surface area contributed by atoms with Gasteiger partial charge in [-0.3, -0.25) is 4.40 Å². The van der Waals surface area contributed by atoms with E-state index in [1.165, 1.54) is 19.6 Å². The van der Waals surface area contributed by atoms with E-state index in [0.717, 1.165) is 53.9 Å². The van der Waals surface area contributed by atoms with Crippen LogP contribution in [0.1, 0.15) is 44.7 Å². The molecule has 2 aromatic heterocycles. The quantitative estimate of drug-likeness (QED) is 0.574. The fourth-order valence-corrected chi connectivity index (χ4v) is 3.76. The fraction of sp³-hybridized carbons (Fsp3) is 0.455. The number of nitrogens with one attached hydrogen (secondary N) is 2. The van der Waals surface area contributed by atoms with Crippen LogP contribution in [0.15, 0.2) is 30.3 Å². The van der Waals surface area contributed by atoms with Crippen LogP contribution >= 0.6 is 0 Å². The van der Waals surface area contributed by atoms with Gasteiger partial charge in [0.15, 0.2) is 5.65 Å². The van der Waals surface area contributed by atoms with E-state index in [0.29, 0.717) is 5.56 Å². The first kappa shape index (κ1) is 19.2. The molecule has 142 valence electrons. The van der Waals surface area contributed by atoms with Crippen LogP contribution in [-0.4, -0.2) is 35.6 Å². The van der Waals surface area contributed by atoms with Crippen LogP contribution in [0.4, 0.5) is 5.82 Å². The van der Waals surface area contributed by atoms with E-state index in [-0.39, 0.29) is 0 Å². The Labute approximate surface area is 161 Å². The van der Waals surface area contributed by atoms with E-state index in [1.807, 2.05) is 18.2 Å². The molecule has 3 rings (SSSR count). The molecule has 0 radical (unpaired) electrons. The number of nitrogens with zero attached hydrogens (tertiary/aromatic N) is 3. The van der Waals surface area contributed by atoms with Crippen molar-refractivity contribution in [2.24, 2.45) is 0 Å². The summed E-state index contributed by atoms with van der Waals surface area (Å²) in [6, 6.07) is 12.6. The third-order valence-corrected chi connectivity index (χ3v) is 5.30. The number of benzene rings is 1. The molecule has 27 heavy (non-hydrogen) atoms. The molecule has 3 aromatic rings. The Bertz CT molecular complexity index is 947. The smallest absolute Gasteiger partial charge is 0.157 e. The Morgan fingerprint density at radius 2 is 1.96 bits per heavy atom. The summed E-state index contributed by atoms with van der Waals surface area (Å²) in [7, 11) is 0. The minimum Gasteiger partial charge on any atom is -0.371 e. The van der Waals surface area contributed by atoms with E-state index >= 15 is 0 Å². The fourth-order valence-electron chi connectivity index (χ4n) is 3.76. The zero-order chi connectivity index (χ0) is 19.2. The first-order chi connectivity index (χ1) is 13.2. The Balaban J connectivity index is 1.98. The van der Waals surface area contributed by atoms with Crippen LogP contribution in [0.5, 0.6) is 0 Å². The summed E-state index contributed by atoms with van der Waals surface area (Å²) < 4.78 is 2.11.